The summed E-state index contributed by atoms with van der Waals surface area (Å²) >= 11 is 7.54. The molecule has 1 aromatic carbocycles. The second-order valence-corrected chi connectivity index (χ2v) is 7.72. The first-order valence-electron chi connectivity index (χ1n) is 6.19. The number of hydrogen-bond donors (Lipinski definition) is 1. The van der Waals surface area contributed by atoms with Crippen molar-refractivity contribution in [1.29, 1.82) is 0 Å². The summed E-state index contributed by atoms with van der Waals surface area (Å²) < 4.78 is 28.4. The smallest absolute Gasteiger partial charge is 0.243 e. The lowest BCUT2D eigenvalue weighted by molar-refractivity contribution is 0.581. The van der Waals surface area contributed by atoms with Crippen LogP contribution < -0.4 is 4.72 Å². The average Bonchev–Trinajstić information content (AvgIpc) is 2.87. The van der Waals surface area contributed by atoms with Crippen molar-refractivity contribution >= 4 is 33.4 Å². The van der Waals surface area contributed by atoms with Crippen LogP contribution in [0.5, 0.6) is 0 Å². The van der Waals surface area contributed by atoms with Gasteiger partial charge in [-0.15, -0.1) is 0 Å². The van der Waals surface area contributed by atoms with Crippen LogP contribution in [-0.4, -0.2) is 31.0 Å². The first-order chi connectivity index (χ1) is 9.92. The van der Waals surface area contributed by atoms with Crippen molar-refractivity contribution in [2.45, 2.75) is 10.1 Å². The number of aryl methyl sites for hydroxylation is 1. The molecule has 0 saturated heterocycles. The number of halogens is 1. The van der Waals surface area contributed by atoms with Gasteiger partial charge in [-0.25, -0.2) is 13.1 Å². The predicted molar refractivity (Wildman–Crippen MR) is 86.1 cm³/mol. The molecule has 8 heteroatoms. The summed E-state index contributed by atoms with van der Waals surface area (Å²) in [6, 6.07) is 7.44. The lowest BCUT2D eigenvalue weighted by atomic mass is 10.1. The Morgan fingerprint density at radius 2 is 2.24 bits per heavy atom. The van der Waals surface area contributed by atoms with Crippen LogP contribution in [0.25, 0.3) is 0 Å². The standard InChI is InChI=1S/C13H16ClN3O2S2/c1-17-9-12(7-15-17)21(18,19)16-8-13(20-2)10-4-3-5-11(14)6-10/h3-7,9,13,16H,8H2,1-2H3/t13-/m1/s1. The Balaban J connectivity index is 2.10. The number of nitrogens with one attached hydrogen (secondary N) is 1. The third-order valence-electron chi connectivity index (χ3n) is 2.96. The fourth-order valence-electron chi connectivity index (χ4n) is 1.85. The maximum absolute atomic E-state index is 12.2. The van der Waals surface area contributed by atoms with Crippen LogP contribution in [0.4, 0.5) is 0 Å². The fourth-order valence-corrected chi connectivity index (χ4v) is 3.85. The van der Waals surface area contributed by atoms with Crippen molar-refractivity contribution in [3.8, 4) is 0 Å². The summed E-state index contributed by atoms with van der Waals surface area (Å²) in [6.45, 7) is 0.290. The quantitative estimate of drug-likeness (QED) is 0.873. The molecular formula is C13H16ClN3O2S2. The van der Waals surface area contributed by atoms with Gasteiger partial charge in [0, 0.05) is 30.1 Å². The second-order valence-electron chi connectivity index (χ2n) is 4.48. The average molecular weight is 346 g/mol. The molecule has 0 saturated carbocycles. The monoisotopic (exact) mass is 345 g/mol. The molecular weight excluding hydrogens is 330 g/mol. The molecule has 0 aliphatic rings. The third-order valence-corrected chi connectivity index (χ3v) is 5.58. The minimum atomic E-state index is -3.54. The summed E-state index contributed by atoms with van der Waals surface area (Å²) in [6.07, 6.45) is 4.73. The van der Waals surface area contributed by atoms with Crippen molar-refractivity contribution < 1.29 is 8.42 Å². The van der Waals surface area contributed by atoms with Gasteiger partial charge in [0.25, 0.3) is 0 Å². The van der Waals surface area contributed by atoms with Crippen LogP contribution in [0.2, 0.25) is 5.02 Å². The van der Waals surface area contributed by atoms with Gasteiger partial charge in [0.05, 0.1) is 6.20 Å². The summed E-state index contributed by atoms with van der Waals surface area (Å²) in [5, 5.41) is 4.51. The van der Waals surface area contributed by atoms with E-state index in [0.717, 1.165) is 5.56 Å². The van der Waals surface area contributed by atoms with Gasteiger partial charge < -0.3 is 0 Å². The molecule has 2 rings (SSSR count). The first-order valence-corrected chi connectivity index (χ1v) is 9.34. The largest absolute Gasteiger partial charge is 0.274 e. The molecule has 114 valence electrons. The molecule has 5 nitrogen and oxygen atoms in total. The molecule has 1 N–H and O–H groups in total. The van der Waals surface area contributed by atoms with E-state index in [-0.39, 0.29) is 10.1 Å². The second kappa shape index (κ2) is 6.83. The Bertz CT molecular complexity index is 716. The van der Waals surface area contributed by atoms with Gasteiger partial charge in [-0.05, 0) is 24.0 Å². The van der Waals surface area contributed by atoms with Crippen LogP contribution in [-0.2, 0) is 17.1 Å². The highest BCUT2D eigenvalue weighted by atomic mass is 35.5. The van der Waals surface area contributed by atoms with E-state index in [9.17, 15) is 8.42 Å². The third kappa shape index (κ3) is 4.23. The fraction of sp³-hybridized carbons (Fsp3) is 0.308. The Hall–Kier alpha value is -1.02. The lowest BCUT2D eigenvalue weighted by Gasteiger charge is -2.15. The van der Waals surface area contributed by atoms with Gasteiger partial charge >= 0.3 is 0 Å². The van der Waals surface area contributed by atoms with Crippen molar-refractivity contribution in [2.75, 3.05) is 12.8 Å². The Kier molecular flexibility index (Phi) is 5.32. The van der Waals surface area contributed by atoms with Crippen LogP contribution in [0.3, 0.4) is 0 Å². The zero-order valence-corrected chi connectivity index (χ0v) is 14.0. The van der Waals surface area contributed by atoms with Gasteiger partial charge in [0.2, 0.25) is 10.0 Å². The normalized spacial score (nSPS) is 13.3. The van der Waals surface area contributed by atoms with E-state index in [0.29, 0.717) is 11.6 Å². The van der Waals surface area contributed by atoms with Crippen LogP contribution >= 0.6 is 23.4 Å². The highest BCUT2D eigenvalue weighted by Crippen LogP contribution is 2.28. The summed E-state index contributed by atoms with van der Waals surface area (Å²) in [4.78, 5) is 0.163. The summed E-state index contributed by atoms with van der Waals surface area (Å²) in [5.41, 5.74) is 0.990. The molecule has 0 unspecified atom stereocenters. The zero-order valence-electron chi connectivity index (χ0n) is 11.7. The van der Waals surface area contributed by atoms with E-state index in [1.54, 1.807) is 24.9 Å². The highest BCUT2D eigenvalue weighted by Gasteiger charge is 2.19. The number of rotatable bonds is 6. The molecule has 2 aromatic rings. The van der Waals surface area contributed by atoms with E-state index in [4.69, 9.17) is 11.6 Å². The van der Waals surface area contributed by atoms with Crippen molar-refractivity contribution in [1.82, 2.24) is 14.5 Å². The minimum Gasteiger partial charge on any atom is -0.274 e. The summed E-state index contributed by atoms with van der Waals surface area (Å²) in [5.74, 6) is 0. The molecule has 21 heavy (non-hydrogen) atoms. The van der Waals surface area contributed by atoms with Crippen molar-refractivity contribution in [3.05, 3.63) is 47.2 Å². The highest BCUT2D eigenvalue weighted by molar-refractivity contribution is 7.98. The Labute approximate surface area is 133 Å². The van der Waals surface area contributed by atoms with Gasteiger partial charge in [-0.3, -0.25) is 4.68 Å². The molecule has 1 aromatic heterocycles. The van der Waals surface area contributed by atoms with E-state index < -0.39 is 10.0 Å². The molecule has 0 radical (unpaired) electrons. The molecule has 0 amide bonds. The SMILES string of the molecule is CS[C@H](CNS(=O)(=O)c1cnn(C)c1)c1cccc(Cl)c1. The maximum atomic E-state index is 12.2. The molecule has 0 fully saturated rings. The van der Waals surface area contributed by atoms with Crippen LogP contribution in [0.15, 0.2) is 41.6 Å². The van der Waals surface area contributed by atoms with Gasteiger partial charge in [0.15, 0.2) is 0 Å². The number of thioether (sulfide) groups is 1. The Morgan fingerprint density at radius 1 is 1.48 bits per heavy atom. The van der Waals surface area contributed by atoms with Gasteiger partial charge in [0.1, 0.15) is 4.90 Å². The number of benzene rings is 1. The van der Waals surface area contributed by atoms with Crippen molar-refractivity contribution in [3.63, 3.8) is 0 Å². The van der Waals surface area contributed by atoms with E-state index in [1.807, 2.05) is 24.5 Å². The molecule has 0 bridgehead atoms. The topological polar surface area (TPSA) is 64.0 Å². The molecule has 0 aliphatic heterocycles. The first kappa shape index (κ1) is 16.4. The predicted octanol–water partition coefficient (Wildman–Crippen LogP) is 2.46. The lowest BCUT2D eigenvalue weighted by Crippen LogP contribution is -2.27. The van der Waals surface area contributed by atoms with E-state index in [1.165, 1.54) is 17.1 Å². The van der Waals surface area contributed by atoms with Crippen LogP contribution in [0, 0.1) is 0 Å². The maximum Gasteiger partial charge on any atom is 0.243 e. The number of sulfonamides is 1. The van der Waals surface area contributed by atoms with E-state index >= 15 is 0 Å². The number of hydrogen-bond acceptors (Lipinski definition) is 4. The van der Waals surface area contributed by atoms with Gasteiger partial charge in [-0.1, -0.05) is 23.7 Å². The number of nitrogens with zero attached hydrogens (tertiary/aromatic N) is 2. The molecule has 1 heterocycles. The minimum absolute atomic E-state index is 0.00449. The summed E-state index contributed by atoms with van der Waals surface area (Å²) in [7, 11) is -1.87. The van der Waals surface area contributed by atoms with Gasteiger partial charge in [-0.2, -0.15) is 16.9 Å². The van der Waals surface area contributed by atoms with Crippen molar-refractivity contribution in [2.24, 2.45) is 7.05 Å². The van der Waals surface area contributed by atoms with Crippen LogP contribution in [0.1, 0.15) is 10.8 Å². The zero-order chi connectivity index (χ0) is 15.5. The molecule has 0 spiro atoms. The van der Waals surface area contributed by atoms with E-state index in [2.05, 4.69) is 9.82 Å². The number of aromatic nitrogens is 2. The molecule has 0 aliphatic carbocycles. The molecule has 1 atom stereocenters. The Morgan fingerprint density at radius 3 is 2.81 bits per heavy atom.